The zero-order valence-corrected chi connectivity index (χ0v) is 9.58. The summed E-state index contributed by atoms with van der Waals surface area (Å²) in [6, 6.07) is 6.35. The number of nitrogens with zero attached hydrogens (tertiary/aromatic N) is 1. The molecule has 0 saturated heterocycles. The maximum Gasteiger partial charge on any atom is 0.215 e. The van der Waals surface area contributed by atoms with Crippen LogP contribution in [0.2, 0.25) is 0 Å². The minimum absolute atomic E-state index is 0.0869. The van der Waals surface area contributed by atoms with Gasteiger partial charge in [-0.05, 0) is 18.2 Å². The zero-order valence-electron chi connectivity index (χ0n) is 9.58. The van der Waals surface area contributed by atoms with Gasteiger partial charge in [0.15, 0.2) is 5.82 Å². The third-order valence-electron chi connectivity index (χ3n) is 2.29. The molecule has 94 valence electrons. The van der Waals surface area contributed by atoms with Gasteiger partial charge in [0.05, 0.1) is 18.5 Å². The molecule has 0 fully saturated rings. The van der Waals surface area contributed by atoms with Crippen LogP contribution < -0.4 is 15.8 Å². The molecule has 0 spiro atoms. The van der Waals surface area contributed by atoms with Crippen LogP contribution in [0.5, 0.6) is 5.88 Å². The molecule has 1 aromatic carbocycles. The van der Waals surface area contributed by atoms with Gasteiger partial charge in [0.2, 0.25) is 5.88 Å². The Labute approximate surface area is 102 Å². The molecule has 2 aromatic rings. The Kier molecular flexibility index (Phi) is 3.27. The molecule has 0 bridgehead atoms. The second kappa shape index (κ2) is 4.87. The van der Waals surface area contributed by atoms with E-state index < -0.39 is 11.6 Å². The Morgan fingerprint density at radius 3 is 2.67 bits per heavy atom. The van der Waals surface area contributed by atoms with Crippen LogP contribution in [0.3, 0.4) is 0 Å². The van der Waals surface area contributed by atoms with Crippen molar-refractivity contribution in [1.82, 2.24) is 4.98 Å². The summed E-state index contributed by atoms with van der Waals surface area (Å²) < 4.78 is 31.1. The van der Waals surface area contributed by atoms with Crippen molar-refractivity contribution in [3.8, 4) is 5.88 Å². The number of hydrogen-bond acceptors (Lipinski definition) is 4. The zero-order chi connectivity index (χ0) is 13.1. The van der Waals surface area contributed by atoms with E-state index in [-0.39, 0.29) is 11.5 Å². The van der Waals surface area contributed by atoms with Crippen molar-refractivity contribution >= 4 is 17.2 Å². The average molecular weight is 251 g/mol. The number of anilines is 3. The van der Waals surface area contributed by atoms with Gasteiger partial charge in [-0.15, -0.1) is 0 Å². The number of nitrogens with two attached hydrogens (primary N) is 1. The largest absolute Gasteiger partial charge is 0.481 e. The molecule has 2 rings (SSSR count). The molecule has 4 nitrogen and oxygen atoms in total. The van der Waals surface area contributed by atoms with Gasteiger partial charge >= 0.3 is 0 Å². The Morgan fingerprint density at radius 1 is 1.22 bits per heavy atom. The second-order valence-corrected chi connectivity index (χ2v) is 3.54. The van der Waals surface area contributed by atoms with E-state index in [1.54, 1.807) is 12.1 Å². The minimum Gasteiger partial charge on any atom is -0.481 e. The van der Waals surface area contributed by atoms with E-state index in [4.69, 9.17) is 10.5 Å². The molecule has 0 amide bonds. The van der Waals surface area contributed by atoms with Crippen molar-refractivity contribution in [2.75, 3.05) is 18.2 Å². The molecule has 3 N–H and O–H groups in total. The van der Waals surface area contributed by atoms with Gasteiger partial charge in [0, 0.05) is 12.1 Å². The fourth-order valence-corrected chi connectivity index (χ4v) is 1.38. The third kappa shape index (κ3) is 2.48. The van der Waals surface area contributed by atoms with E-state index in [2.05, 4.69) is 10.3 Å². The second-order valence-electron chi connectivity index (χ2n) is 3.54. The van der Waals surface area contributed by atoms with Crippen LogP contribution >= 0.6 is 0 Å². The molecule has 1 heterocycles. The van der Waals surface area contributed by atoms with Crippen LogP contribution in [-0.2, 0) is 0 Å². The van der Waals surface area contributed by atoms with E-state index in [9.17, 15) is 8.78 Å². The van der Waals surface area contributed by atoms with E-state index in [0.29, 0.717) is 11.6 Å². The summed E-state index contributed by atoms with van der Waals surface area (Å²) in [7, 11) is 1.46. The maximum absolute atomic E-state index is 13.4. The van der Waals surface area contributed by atoms with Gasteiger partial charge in [0.25, 0.3) is 0 Å². The summed E-state index contributed by atoms with van der Waals surface area (Å²) in [6.45, 7) is 0. The fourth-order valence-electron chi connectivity index (χ4n) is 1.38. The summed E-state index contributed by atoms with van der Waals surface area (Å²) in [5.41, 5.74) is 6.11. The molecule has 0 aliphatic heterocycles. The molecule has 0 aliphatic carbocycles. The number of methoxy groups -OCH3 is 1. The monoisotopic (exact) mass is 251 g/mol. The number of nitrogens with one attached hydrogen (secondary N) is 1. The van der Waals surface area contributed by atoms with Crippen LogP contribution in [-0.4, -0.2) is 12.1 Å². The van der Waals surface area contributed by atoms with Crippen LogP contribution in [0.1, 0.15) is 0 Å². The van der Waals surface area contributed by atoms with Gasteiger partial charge in [0.1, 0.15) is 11.6 Å². The highest BCUT2D eigenvalue weighted by Crippen LogP contribution is 2.25. The maximum atomic E-state index is 13.4. The number of halogens is 2. The van der Waals surface area contributed by atoms with Crippen LogP contribution in [0.4, 0.5) is 26.0 Å². The Bertz CT molecular complexity index is 575. The fraction of sp³-hybridized carbons (Fsp3) is 0.0833. The quantitative estimate of drug-likeness (QED) is 0.880. The summed E-state index contributed by atoms with van der Waals surface area (Å²) >= 11 is 0. The highest BCUT2D eigenvalue weighted by Gasteiger charge is 2.08. The molecular formula is C12H11F2N3O. The van der Waals surface area contributed by atoms with Gasteiger partial charge in [-0.1, -0.05) is 0 Å². The van der Waals surface area contributed by atoms with Crippen LogP contribution in [0.15, 0.2) is 30.3 Å². The van der Waals surface area contributed by atoms with Gasteiger partial charge in [-0.3, -0.25) is 0 Å². The smallest absolute Gasteiger partial charge is 0.215 e. The highest BCUT2D eigenvalue weighted by atomic mass is 19.1. The summed E-state index contributed by atoms with van der Waals surface area (Å²) in [4.78, 5) is 4.03. The number of nitrogen functional groups attached to an aromatic ring is 1. The number of ether oxygens (including phenoxy) is 1. The van der Waals surface area contributed by atoms with Crippen LogP contribution in [0.25, 0.3) is 0 Å². The van der Waals surface area contributed by atoms with Crippen molar-refractivity contribution in [2.45, 2.75) is 0 Å². The first-order chi connectivity index (χ1) is 8.60. The van der Waals surface area contributed by atoms with Gasteiger partial charge in [-0.25, -0.2) is 8.78 Å². The lowest BCUT2D eigenvalue weighted by Crippen LogP contribution is -2.02. The lowest BCUT2D eigenvalue weighted by Gasteiger charge is -2.10. The Hall–Kier alpha value is -2.37. The number of pyridine rings is 1. The van der Waals surface area contributed by atoms with Crippen molar-refractivity contribution in [1.29, 1.82) is 0 Å². The predicted molar refractivity (Wildman–Crippen MR) is 64.8 cm³/mol. The molecule has 6 heteroatoms. The molecule has 0 aliphatic rings. The predicted octanol–water partition coefficient (Wildman–Crippen LogP) is 2.69. The highest BCUT2D eigenvalue weighted by molar-refractivity contribution is 5.69. The van der Waals surface area contributed by atoms with Crippen molar-refractivity contribution in [3.63, 3.8) is 0 Å². The Balaban J connectivity index is 2.33. The molecule has 1 aromatic heterocycles. The summed E-state index contributed by atoms with van der Waals surface area (Å²) in [6.07, 6.45) is 0. The minimum atomic E-state index is -0.723. The molecule has 0 radical (unpaired) electrons. The van der Waals surface area contributed by atoms with E-state index >= 15 is 0 Å². The average Bonchev–Trinajstić information content (AvgIpc) is 2.35. The lowest BCUT2D eigenvalue weighted by molar-refractivity contribution is 0.398. The molecule has 18 heavy (non-hydrogen) atoms. The molecular weight excluding hydrogens is 240 g/mol. The van der Waals surface area contributed by atoms with Crippen molar-refractivity contribution in [3.05, 3.63) is 42.0 Å². The van der Waals surface area contributed by atoms with E-state index in [0.717, 1.165) is 12.1 Å². The first-order valence-corrected chi connectivity index (χ1v) is 5.12. The van der Waals surface area contributed by atoms with E-state index in [1.165, 1.54) is 13.2 Å². The summed E-state index contributed by atoms with van der Waals surface area (Å²) in [5.74, 6) is -0.780. The number of rotatable bonds is 3. The van der Waals surface area contributed by atoms with Crippen molar-refractivity contribution in [2.24, 2.45) is 0 Å². The summed E-state index contributed by atoms with van der Waals surface area (Å²) in [5, 5.41) is 2.68. The Morgan fingerprint density at radius 2 is 2.00 bits per heavy atom. The lowest BCUT2D eigenvalue weighted by atomic mass is 10.3. The van der Waals surface area contributed by atoms with Crippen LogP contribution in [0, 0.1) is 11.6 Å². The number of aromatic nitrogens is 1. The first kappa shape index (κ1) is 12.1. The SMILES string of the molecule is COc1ccc(N)c(Nc2ccc(F)cc2F)n1. The number of hydrogen-bond donors (Lipinski definition) is 2. The molecule has 0 unspecified atom stereocenters. The molecule has 0 atom stereocenters. The van der Waals surface area contributed by atoms with Gasteiger partial charge in [-0.2, -0.15) is 4.98 Å². The van der Waals surface area contributed by atoms with E-state index in [1.807, 2.05) is 0 Å². The topological polar surface area (TPSA) is 60.2 Å². The van der Waals surface area contributed by atoms with Gasteiger partial charge < -0.3 is 15.8 Å². The first-order valence-electron chi connectivity index (χ1n) is 5.12. The standard InChI is InChI=1S/C12H11F2N3O/c1-18-11-5-3-9(15)12(17-11)16-10-4-2-7(13)6-8(10)14/h2-6H,15H2,1H3,(H,16,17). The number of benzene rings is 1. The molecule has 0 saturated carbocycles. The third-order valence-corrected chi connectivity index (χ3v) is 2.29. The van der Waals surface area contributed by atoms with Crippen molar-refractivity contribution < 1.29 is 13.5 Å². The normalized spacial score (nSPS) is 10.2.